The zero-order chi connectivity index (χ0) is 21.1. The fourth-order valence-electron chi connectivity index (χ4n) is 3.13. The summed E-state index contributed by atoms with van der Waals surface area (Å²) in [6, 6.07) is 14.4. The second kappa shape index (κ2) is 8.42. The van der Waals surface area contributed by atoms with E-state index in [1.165, 1.54) is 11.8 Å². The van der Waals surface area contributed by atoms with Gasteiger partial charge in [-0.3, -0.25) is 15.1 Å². The van der Waals surface area contributed by atoms with Crippen LogP contribution in [0.2, 0.25) is 0 Å². The second-order valence-corrected chi connectivity index (χ2v) is 7.43. The standard InChI is InChI=1S/C21H18N4O4S/c1-2-11-30-21-23-20(28)18-15-5-3-4-6-16(15)22-19(25(18)24-21)13-7-9-14(10-8-13)29-12-17(26)27/h2-10,19H,1,11-12H2,(H,26,27)(H,23,24,28). The molecule has 0 aromatic heterocycles. The molecule has 2 heterocycles. The number of rotatable bonds is 6. The van der Waals surface area contributed by atoms with Crippen molar-refractivity contribution in [2.24, 2.45) is 10.1 Å². The minimum Gasteiger partial charge on any atom is -0.482 e. The molecule has 0 radical (unpaired) electrons. The van der Waals surface area contributed by atoms with E-state index in [0.717, 1.165) is 5.56 Å². The van der Waals surface area contributed by atoms with Crippen molar-refractivity contribution in [1.29, 1.82) is 0 Å². The van der Waals surface area contributed by atoms with Gasteiger partial charge in [0.05, 0.1) is 5.36 Å². The number of hydrazone groups is 1. The Morgan fingerprint density at radius 1 is 1.27 bits per heavy atom. The number of benzene rings is 2. The largest absolute Gasteiger partial charge is 0.482 e. The lowest BCUT2D eigenvalue weighted by Gasteiger charge is -2.34. The molecule has 152 valence electrons. The molecule has 8 nitrogen and oxygen atoms in total. The summed E-state index contributed by atoms with van der Waals surface area (Å²) >= 11 is 1.37. The zero-order valence-electron chi connectivity index (χ0n) is 15.8. The molecule has 2 aliphatic rings. The van der Waals surface area contributed by atoms with Gasteiger partial charge in [-0.2, -0.15) is 0 Å². The number of hydrogen-bond donors (Lipinski definition) is 2. The van der Waals surface area contributed by atoms with Gasteiger partial charge in [0.25, 0.3) is 5.91 Å². The third-order valence-corrected chi connectivity index (χ3v) is 5.25. The summed E-state index contributed by atoms with van der Waals surface area (Å²) in [5.74, 6) is -0.250. The van der Waals surface area contributed by atoms with Crippen molar-refractivity contribution in [1.82, 2.24) is 10.3 Å². The van der Waals surface area contributed by atoms with Crippen LogP contribution < -0.4 is 20.6 Å². The van der Waals surface area contributed by atoms with Crippen molar-refractivity contribution < 1.29 is 19.4 Å². The van der Waals surface area contributed by atoms with Crippen LogP contribution in [0.4, 0.5) is 0 Å². The SMILES string of the molecule is C=CCSC1=NN2C(=c3ccccc3=NC2c2ccc(OCC(=O)O)cc2)C(=O)N1. The fourth-order valence-corrected chi connectivity index (χ4v) is 3.71. The van der Waals surface area contributed by atoms with E-state index in [0.29, 0.717) is 32.9 Å². The predicted molar refractivity (Wildman–Crippen MR) is 113 cm³/mol. The predicted octanol–water partition coefficient (Wildman–Crippen LogP) is 1.21. The number of aliphatic carboxylic acids is 1. The minimum atomic E-state index is -1.05. The van der Waals surface area contributed by atoms with E-state index in [1.807, 2.05) is 24.3 Å². The molecular formula is C21H18N4O4S. The lowest BCUT2D eigenvalue weighted by atomic mass is 10.1. The summed E-state index contributed by atoms with van der Waals surface area (Å²) in [6.45, 7) is 3.28. The van der Waals surface area contributed by atoms with Gasteiger partial charge in [0.2, 0.25) is 0 Å². The van der Waals surface area contributed by atoms with E-state index >= 15 is 0 Å². The highest BCUT2D eigenvalue weighted by atomic mass is 32.2. The molecule has 2 N–H and O–H groups in total. The Hall–Kier alpha value is -3.59. The Morgan fingerprint density at radius 3 is 2.77 bits per heavy atom. The van der Waals surface area contributed by atoms with Gasteiger partial charge < -0.3 is 9.84 Å². The van der Waals surface area contributed by atoms with Crippen LogP contribution in [-0.2, 0) is 9.59 Å². The number of nitrogens with zero attached hydrogens (tertiary/aromatic N) is 3. The summed E-state index contributed by atoms with van der Waals surface area (Å²) in [7, 11) is 0. The van der Waals surface area contributed by atoms with Crippen LogP contribution in [-0.4, -0.2) is 39.5 Å². The Balaban J connectivity index is 1.76. The number of hydrogen-bond acceptors (Lipinski definition) is 7. The average Bonchev–Trinajstić information content (AvgIpc) is 2.76. The molecule has 0 saturated heterocycles. The summed E-state index contributed by atoms with van der Waals surface area (Å²) in [4.78, 5) is 28.4. The monoisotopic (exact) mass is 422 g/mol. The van der Waals surface area contributed by atoms with Crippen molar-refractivity contribution in [3.63, 3.8) is 0 Å². The quantitative estimate of drug-likeness (QED) is 0.679. The smallest absolute Gasteiger partial charge is 0.341 e. The number of carboxylic acid groups (broad SMARTS) is 1. The van der Waals surface area contributed by atoms with E-state index < -0.39 is 18.7 Å². The van der Waals surface area contributed by atoms with Crippen LogP contribution in [0.5, 0.6) is 5.75 Å². The first-order valence-corrected chi connectivity index (χ1v) is 10.1. The first kappa shape index (κ1) is 19.7. The molecule has 0 saturated carbocycles. The van der Waals surface area contributed by atoms with Crippen molar-refractivity contribution in [2.75, 3.05) is 12.4 Å². The van der Waals surface area contributed by atoms with Crippen molar-refractivity contribution >= 4 is 34.5 Å². The molecule has 0 fully saturated rings. The maximum atomic E-state index is 12.9. The number of carboxylic acids is 1. The molecular weight excluding hydrogens is 404 g/mol. The van der Waals surface area contributed by atoms with Crippen LogP contribution in [0, 0.1) is 0 Å². The van der Waals surface area contributed by atoms with Gasteiger partial charge in [0.15, 0.2) is 17.9 Å². The lowest BCUT2D eigenvalue weighted by molar-refractivity contribution is -0.139. The van der Waals surface area contributed by atoms with Crippen molar-refractivity contribution in [2.45, 2.75) is 6.17 Å². The lowest BCUT2D eigenvalue weighted by Crippen LogP contribution is -2.50. The Kier molecular flexibility index (Phi) is 5.53. The van der Waals surface area contributed by atoms with Gasteiger partial charge in [-0.15, -0.1) is 11.7 Å². The zero-order valence-corrected chi connectivity index (χ0v) is 16.6. The van der Waals surface area contributed by atoms with Gasteiger partial charge in [-0.1, -0.05) is 48.2 Å². The molecule has 4 rings (SSSR count). The number of carbonyl (C=O) groups excluding carboxylic acids is 1. The maximum absolute atomic E-state index is 12.9. The van der Waals surface area contributed by atoms with Crippen LogP contribution >= 0.6 is 11.8 Å². The molecule has 2 aromatic carbocycles. The average molecular weight is 422 g/mol. The van der Waals surface area contributed by atoms with Crippen LogP contribution in [0.1, 0.15) is 11.7 Å². The van der Waals surface area contributed by atoms with Crippen LogP contribution in [0.25, 0.3) is 5.70 Å². The van der Waals surface area contributed by atoms with Gasteiger partial charge >= 0.3 is 5.97 Å². The second-order valence-electron chi connectivity index (χ2n) is 6.42. The van der Waals surface area contributed by atoms with Crippen LogP contribution in [0.3, 0.4) is 0 Å². The highest BCUT2D eigenvalue weighted by Gasteiger charge is 2.34. The highest BCUT2D eigenvalue weighted by Crippen LogP contribution is 2.31. The summed E-state index contributed by atoms with van der Waals surface area (Å²) in [6.07, 6.45) is 1.19. The topological polar surface area (TPSA) is 104 Å². The Labute approximate surface area is 176 Å². The molecule has 0 bridgehead atoms. The number of para-hydroxylation sites is 1. The molecule has 2 aromatic rings. The third kappa shape index (κ3) is 3.92. The van der Waals surface area contributed by atoms with Gasteiger partial charge in [-0.05, 0) is 23.8 Å². The summed E-state index contributed by atoms with van der Waals surface area (Å²) in [5.41, 5.74) is 1.22. The van der Waals surface area contributed by atoms with Crippen molar-refractivity contribution in [3.05, 3.63) is 77.3 Å². The van der Waals surface area contributed by atoms with Gasteiger partial charge in [-0.25, -0.2) is 9.80 Å². The first-order chi connectivity index (χ1) is 14.6. The van der Waals surface area contributed by atoms with Gasteiger partial charge in [0.1, 0.15) is 11.4 Å². The fraction of sp³-hybridized carbons (Fsp3) is 0.143. The molecule has 1 atom stereocenters. The molecule has 1 unspecified atom stereocenters. The number of thioether (sulfide) groups is 1. The van der Waals surface area contributed by atoms with E-state index in [-0.39, 0.29) is 5.91 Å². The van der Waals surface area contributed by atoms with E-state index in [1.54, 1.807) is 35.4 Å². The maximum Gasteiger partial charge on any atom is 0.341 e. The van der Waals surface area contributed by atoms with Crippen LogP contribution in [0.15, 0.2) is 71.3 Å². The molecule has 0 spiro atoms. The molecule has 2 aliphatic heterocycles. The number of carbonyl (C=O) groups is 2. The molecule has 30 heavy (non-hydrogen) atoms. The number of amides is 1. The van der Waals surface area contributed by atoms with E-state index in [9.17, 15) is 9.59 Å². The third-order valence-electron chi connectivity index (χ3n) is 4.39. The first-order valence-electron chi connectivity index (χ1n) is 9.11. The Bertz CT molecular complexity index is 1160. The normalized spacial score (nSPS) is 17.1. The highest BCUT2D eigenvalue weighted by molar-refractivity contribution is 8.14. The number of amidine groups is 1. The van der Waals surface area contributed by atoms with E-state index in [2.05, 4.69) is 17.0 Å². The molecule has 1 amide bonds. The number of fused-ring (bicyclic) bond motifs is 2. The summed E-state index contributed by atoms with van der Waals surface area (Å²) < 4.78 is 5.20. The van der Waals surface area contributed by atoms with Gasteiger partial charge in [0, 0.05) is 11.0 Å². The molecule has 9 heteroatoms. The Morgan fingerprint density at radius 2 is 2.03 bits per heavy atom. The number of ether oxygens (including phenoxy) is 1. The van der Waals surface area contributed by atoms with E-state index in [4.69, 9.17) is 14.8 Å². The number of nitrogens with one attached hydrogen (secondary N) is 1. The van der Waals surface area contributed by atoms with Crippen molar-refractivity contribution in [3.8, 4) is 5.75 Å². The summed E-state index contributed by atoms with van der Waals surface area (Å²) in [5, 5.41) is 19.7. The molecule has 0 aliphatic carbocycles. The minimum absolute atomic E-state index is 0.245.